The van der Waals surface area contributed by atoms with Gasteiger partial charge in [-0.05, 0) is 42.2 Å². The van der Waals surface area contributed by atoms with E-state index in [1.807, 2.05) is 18.2 Å². The van der Waals surface area contributed by atoms with Gasteiger partial charge in [-0.25, -0.2) is 0 Å². The number of methoxy groups -OCH3 is 1. The number of rotatable bonds is 1. The molecule has 0 atom stereocenters. The lowest BCUT2D eigenvalue weighted by Gasteiger charge is -2.05. The average Bonchev–Trinajstić information content (AvgIpc) is 2.37. The zero-order valence-corrected chi connectivity index (χ0v) is 8.29. The third-order valence-corrected chi connectivity index (χ3v) is 2.55. The summed E-state index contributed by atoms with van der Waals surface area (Å²) in [6.07, 6.45) is 4.66. The predicted octanol–water partition coefficient (Wildman–Crippen LogP) is 2.93. The van der Waals surface area contributed by atoms with Crippen LogP contribution in [-0.2, 0) is 6.42 Å². The standard InChI is InChI=1S/C12H14O2/c1-14-12-6-5-9-3-2-4-11(13)7-10(9)8-12/h5-8,13H,2-4H2,1H3. The van der Waals surface area contributed by atoms with Gasteiger partial charge in [-0.15, -0.1) is 0 Å². The molecule has 1 aromatic carbocycles. The fraction of sp³-hybridized carbons (Fsp3) is 0.333. The van der Waals surface area contributed by atoms with E-state index in [1.165, 1.54) is 5.56 Å². The zero-order valence-electron chi connectivity index (χ0n) is 8.29. The second kappa shape index (κ2) is 3.74. The molecule has 2 nitrogen and oxygen atoms in total. The molecule has 1 N–H and O–H groups in total. The van der Waals surface area contributed by atoms with Crippen LogP contribution in [0.2, 0.25) is 0 Å². The molecule has 1 aliphatic carbocycles. The summed E-state index contributed by atoms with van der Waals surface area (Å²) < 4.78 is 5.15. The van der Waals surface area contributed by atoms with E-state index in [4.69, 9.17) is 4.74 Å². The van der Waals surface area contributed by atoms with Gasteiger partial charge in [0.15, 0.2) is 0 Å². The molecule has 2 rings (SSSR count). The van der Waals surface area contributed by atoms with Crippen LogP contribution >= 0.6 is 0 Å². The van der Waals surface area contributed by atoms with Crippen LogP contribution in [0.5, 0.6) is 5.75 Å². The Morgan fingerprint density at radius 2 is 2.14 bits per heavy atom. The van der Waals surface area contributed by atoms with E-state index in [1.54, 1.807) is 7.11 Å². The van der Waals surface area contributed by atoms with Crippen LogP contribution in [0.1, 0.15) is 24.0 Å². The van der Waals surface area contributed by atoms with Gasteiger partial charge in [0.2, 0.25) is 0 Å². The van der Waals surface area contributed by atoms with Gasteiger partial charge in [-0.2, -0.15) is 0 Å². The van der Waals surface area contributed by atoms with Crippen molar-refractivity contribution in [2.45, 2.75) is 19.3 Å². The summed E-state index contributed by atoms with van der Waals surface area (Å²) in [4.78, 5) is 0. The van der Waals surface area contributed by atoms with Crippen LogP contribution in [0.25, 0.3) is 6.08 Å². The number of benzene rings is 1. The maximum absolute atomic E-state index is 9.52. The first-order valence-electron chi connectivity index (χ1n) is 4.86. The number of allylic oxidation sites excluding steroid dienone is 1. The lowest BCUT2D eigenvalue weighted by molar-refractivity contribution is 0.391. The Balaban J connectivity index is 2.44. The highest BCUT2D eigenvalue weighted by atomic mass is 16.5. The third-order valence-electron chi connectivity index (χ3n) is 2.55. The fourth-order valence-corrected chi connectivity index (χ4v) is 1.77. The Morgan fingerprint density at radius 1 is 1.29 bits per heavy atom. The van der Waals surface area contributed by atoms with E-state index >= 15 is 0 Å². The molecular formula is C12H14O2. The van der Waals surface area contributed by atoms with Gasteiger partial charge in [0, 0.05) is 6.42 Å². The molecule has 0 unspecified atom stereocenters. The Hall–Kier alpha value is -1.44. The zero-order chi connectivity index (χ0) is 9.97. The lowest BCUT2D eigenvalue weighted by Crippen LogP contribution is -1.89. The first-order chi connectivity index (χ1) is 6.79. The van der Waals surface area contributed by atoms with E-state index in [2.05, 4.69) is 6.07 Å². The van der Waals surface area contributed by atoms with Gasteiger partial charge >= 0.3 is 0 Å². The van der Waals surface area contributed by atoms with Crippen molar-refractivity contribution in [1.29, 1.82) is 0 Å². The van der Waals surface area contributed by atoms with E-state index in [0.717, 1.165) is 30.6 Å². The van der Waals surface area contributed by atoms with Crippen LogP contribution in [0.3, 0.4) is 0 Å². The Labute approximate surface area is 83.8 Å². The molecule has 14 heavy (non-hydrogen) atoms. The van der Waals surface area contributed by atoms with Gasteiger partial charge in [0.1, 0.15) is 5.75 Å². The molecule has 0 saturated heterocycles. The molecule has 0 aromatic heterocycles. The smallest absolute Gasteiger partial charge is 0.119 e. The molecule has 2 heteroatoms. The maximum Gasteiger partial charge on any atom is 0.119 e. The largest absolute Gasteiger partial charge is 0.512 e. The summed E-state index contributed by atoms with van der Waals surface area (Å²) in [5.41, 5.74) is 2.37. The van der Waals surface area contributed by atoms with Crippen molar-refractivity contribution in [2.24, 2.45) is 0 Å². The summed E-state index contributed by atoms with van der Waals surface area (Å²) >= 11 is 0. The average molecular weight is 190 g/mol. The van der Waals surface area contributed by atoms with Crippen molar-refractivity contribution >= 4 is 6.08 Å². The second-order valence-electron chi connectivity index (χ2n) is 3.55. The molecular weight excluding hydrogens is 176 g/mol. The van der Waals surface area contributed by atoms with E-state index in [-0.39, 0.29) is 0 Å². The van der Waals surface area contributed by atoms with Gasteiger partial charge in [0.25, 0.3) is 0 Å². The Bertz CT molecular complexity index is 367. The first kappa shape index (κ1) is 9.13. The summed E-state index contributed by atoms with van der Waals surface area (Å²) in [5.74, 6) is 1.31. The van der Waals surface area contributed by atoms with Gasteiger partial charge in [-0.3, -0.25) is 0 Å². The quantitative estimate of drug-likeness (QED) is 0.737. The summed E-state index contributed by atoms with van der Waals surface area (Å²) in [5, 5.41) is 9.52. The molecule has 0 bridgehead atoms. The molecule has 0 spiro atoms. The number of aryl methyl sites for hydroxylation is 1. The predicted molar refractivity (Wildman–Crippen MR) is 56.5 cm³/mol. The third kappa shape index (κ3) is 1.74. The Kier molecular flexibility index (Phi) is 2.44. The molecule has 0 radical (unpaired) electrons. The van der Waals surface area contributed by atoms with E-state index < -0.39 is 0 Å². The topological polar surface area (TPSA) is 29.5 Å². The van der Waals surface area contributed by atoms with Crippen molar-refractivity contribution in [3.05, 3.63) is 35.1 Å². The van der Waals surface area contributed by atoms with Crippen molar-refractivity contribution in [3.8, 4) is 5.75 Å². The minimum Gasteiger partial charge on any atom is -0.512 e. The van der Waals surface area contributed by atoms with Crippen molar-refractivity contribution in [3.63, 3.8) is 0 Å². The summed E-state index contributed by atoms with van der Waals surface area (Å²) in [6, 6.07) is 6.01. The monoisotopic (exact) mass is 190 g/mol. The van der Waals surface area contributed by atoms with Gasteiger partial charge in [-0.1, -0.05) is 6.07 Å². The first-order valence-corrected chi connectivity index (χ1v) is 4.86. The minimum atomic E-state index is 0.469. The van der Waals surface area contributed by atoms with Crippen LogP contribution in [0.4, 0.5) is 0 Å². The number of hydrogen-bond acceptors (Lipinski definition) is 2. The maximum atomic E-state index is 9.52. The normalized spacial score (nSPS) is 15.4. The van der Waals surface area contributed by atoms with Gasteiger partial charge in [0.05, 0.1) is 12.9 Å². The molecule has 0 amide bonds. The van der Waals surface area contributed by atoms with Crippen LogP contribution in [0, 0.1) is 0 Å². The second-order valence-corrected chi connectivity index (χ2v) is 3.55. The van der Waals surface area contributed by atoms with Crippen LogP contribution < -0.4 is 4.74 Å². The lowest BCUT2D eigenvalue weighted by atomic mass is 10.0. The van der Waals surface area contributed by atoms with Crippen molar-refractivity contribution in [1.82, 2.24) is 0 Å². The number of ether oxygens (including phenoxy) is 1. The molecule has 1 aliphatic rings. The van der Waals surface area contributed by atoms with E-state index in [9.17, 15) is 5.11 Å². The van der Waals surface area contributed by atoms with Crippen LogP contribution in [-0.4, -0.2) is 12.2 Å². The number of fused-ring (bicyclic) bond motifs is 1. The van der Waals surface area contributed by atoms with Crippen LogP contribution in [0.15, 0.2) is 24.0 Å². The number of aliphatic hydroxyl groups excluding tert-OH is 1. The minimum absolute atomic E-state index is 0.469. The number of aliphatic hydroxyl groups is 1. The molecule has 0 aliphatic heterocycles. The highest BCUT2D eigenvalue weighted by molar-refractivity contribution is 5.58. The molecule has 74 valence electrons. The summed E-state index contributed by atoms with van der Waals surface area (Å²) in [6.45, 7) is 0. The molecule has 1 aromatic rings. The SMILES string of the molecule is COc1ccc2c(c1)C=C(O)CCC2. The Morgan fingerprint density at radius 3 is 2.93 bits per heavy atom. The van der Waals surface area contributed by atoms with Gasteiger partial charge < -0.3 is 9.84 Å². The highest BCUT2D eigenvalue weighted by Gasteiger charge is 2.08. The van der Waals surface area contributed by atoms with Crippen molar-refractivity contribution < 1.29 is 9.84 Å². The molecule has 0 heterocycles. The fourth-order valence-electron chi connectivity index (χ4n) is 1.77. The number of hydrogen-bond donors (Lipinski definition) is 1. The molecule has 0 saturated carbocycles. The van der Waals surface area contributed by atoms with Crippen molar-refractivity contribution in [2.75, 3.05) is 7.11 Å². The molecule has 0 fully saturated rings. The summed E-state index contributed by atoms with van der Waals surface area (Å²) in [7, 11) is 1.65. The van der Waals surface area contributed by atoms with E-state index in [0.29, 0.717) is 5.76 Å². The highest BCUT2D eigenvalue weighted by Crippen LogP contribution is 2.25.